The fourth-order valence-corrected chi connectivity index (χ4v) is 7.17. The van der Waals surface area contributed by atoms with Gasteiger partial charge in [0, 0.05) is 37.8 Å². The Labute approximate surface area is 166 Å². The molecule has 28 heavy (non-hydrogen) atoms. The molecule has 0 spiro atoms. The molecule has 2 aliphatic heterocycles. The van der Waals surface area contributed by atoms with E-state index in [1.54, 1.807) is 0 Å². The fourth-order valence-electron chi connectivity index (χ4n) is 7.17. The molecule has 1 saturated heterocycles. The van der Waals surface area contributed by atoms with Crippen LogP contribution in [0.2, 0.25) is 0 Å². The number of nitrogens with zero attached hydrogens (tertiary/aromatic N) is 4. The van der Waals surface area contributed by atoms with Gasteiger partial charge in [-0.2, -0.15) is 0 Å². The van der Waals surface area contributed by atoms with Crippen molar-refractivity contribution in [3.05, 3.63) is 17.5 Å². The molecule has 0 radical (unpaired) electrons. The number of anilines is 1. The first-order chi connectivity index (χ1) is 13.7. The molecule has 4 aliphatic carbocycles. The summed E-state index contributed by atoms with van der Waals surface area (Å²) < 4.78 is 5.43. The SMILES string of the molecule is O=C(CC12CC3CC(CC(C3)C1)C2)N1Cc2cnc(N3CCOCC3)nc2C1. The van der Waals surface area contributed by atoms with E-state index in [9.17, 15) is 4.79 Å². The molecule has 6 heteroatoms. The number of hydrogen-bond acceptors (Lipinski definition) is 5. The first kappa shape index (κ1) is 17.2. The van der Waals surface area contributed by atoms with Gasteiger partial charge in [-0.3, -0.25) is 4.79 Å². The number of fused-ring (bicyclic) bond motifs is 1. The fraction of sp³-hybridized carbons (Fsp3) is 0.773. The lowest BCUT2D eigenvalue weighted by Gasteiger charge is -2.56. The Bertz CT molecular complexity index is 753. The second kappa shape index (κ2) is 6.41. The lowest BCUT2D eigenvalue weighted by atomic mass is 9.49. The molecule has 0 atom stereocenters. The summed E-state index contributed by atoms with van der Waals surface area (Å²) >= 11 is 0. The lowest BCUT2D eigenvalue weighted by Crippen LogP contribution is -2.48. The quantitative estimate of drug-likeness (QED) is 0.805. The van der Waals surface area contributed by atoms with Crippen molar-refractivity contribution in [2.75, 3.05) is 31.2 Å². The first-order valence-corrected chi connectivity index (χ1v) is 11.1. The zero-order chi connectivity index (χ0) is 18.7. The summed E-state index contributed by atoms with van der Waals surface area (Å²) in [6, 6.07) is 0. The van der Waals surface area contributed by atoms with Crippen LogP contribution in [0.25, 0.3) is 0 Å². The van der Waals surface area contributed by atoms with E-state index in [-0.39, 0.29) is 0 Å². The molecule has 1 aromatic rings. The minimum atomic E-state index is 0.311. The van der Waals surface area contributed by atoms with E-state index < -0.39 is 0 Å². The molecule has 4 bridgehead atoms. The van der Waals surface area contributed by atoms with Gasteiger partial charge in [0.25, 0.3) is 0 Å². The molecule has 0 unspecified atom stereocenters. The van der Waals surface area contributed by atoms with Crippen molar-refractivity contribution in [3.63, 3.8) is 0 Å². The van der Waals surface area contributed by atoms with Crippen molar-refractivity contribution in [2.24, 2.45) is 23.2 Å². The standard InChI is InChI=1S/C22H30N4O2/c27-20(11-22-8-15-5-16(9-22)7-17(6-15)10-22)26-13-18-12-23-21(24-19(18)14-26)25-1-3-28-4-2-25/h12,15-17H,1-11,13-14H2. The number of hydrogen-bond donors (Lipinski definition) is 0. The van der Waals surface area contributed by atoms with Crippen LogP contribution >= 0.6 is 0 Å². The van der Waals surface area contributed by atoms with E-state index in [0.29, 0.717) is 24.4 Å². The summed E-state index contributed by atoms with van der Waals surface area (Å²) in [6.45, 7) is 4.48. The van der Waals surface area contributed by atoms with Crippen molar-refractivity contribution in [1.29, 1.82) is 0 Å². The number of carbonyl (C=O) groups is 1. The van der Waals surface area contributed by atoms with Crippen LogP contribution in [-0.4, -0.2) is 47.1 Å². The van der Waals surface area contributed by atoms with Gasteiger partial charge in [0.1, 0.15) is 0 Å². The molecule has 7 rings (SSSR count). The summed E-state index contributed by atoms with van der Waals surface area (Å²) in [6.07, 6.45) is 10.9. The largest absolute Gasteiger partial charge is 0.378 e. The topological polar surface area (TPSA) is 58.6 Å². The van der Waals surface area contributed by atoms with Crippen LogP contribution in [0.4, 0.5) is 5.95 Å². The third kappa shape index (κ3) is 2.92. The highest BCUT2D eigenvalue weighted by atomic mass is 16.5. The molecule has 0 aromatic carbocycles. The molecule has 6 aliphatic rings. The molecular formula is C22H30N4O2. The minimum Gasteiger partial charge on any atom is -0.378 e. The average Bonchev–Trinajstić information content (AvgIpc) is 3.11. The van der Waals surface area contributed by atoms with Crippen LogP contribution in [0, 0.1) is 23.2 Å². The Morgan fingerprint density at radius 2 is 1.75 bits per heavy atom. The highest BCUT2D eigenvalue weighted by molar-refractivity contribution is 5.77. The average molecular weight is 383 g/mol. The minimum absolute atomic E-state index is 0.311. The number of ether oxygens (including phenoxy) is 1. The van der Waals surface area contributed by atoms with Gasteiger partial charge in [0.05, 0.1) is 25.5 Å². The third-order valence-corrected chi connectivity index (χ3v) is 7.98. The highest BCUT2D eigenvalue weighted by Gasteiger charge is 2.51. The second-order valence-electron chi connectivity index (χ2n) is 10.1. The molecule has 3 heterocycles. The van der Waals surface area contributed by atoms with Gasteiger partial charge >= 0.3 is 0 Å². The van der Waals surface area contributed by atoms with E-state index in [2.05, 4.69) is 9.88 Å². The van der Waals surface area contributed by atoms with Gasteiger partial charge in [-0.05, 0) is 61.7 Å². The van der Waals surface area contributed by atoms with Crippen molar-refractivity contribution in [2.45, 2.75) is 58.0 Å². The van der Waals surface area contributed by atoms with Crippen molar-refractivity contribution >= 4 is 11.9 Å². The summed E-state index contributed by atoms with van der Waals surface area (Å²) in [5.74, 6) is 3.83. The zero-order valence-corrected chi connectivity index (χ0v) is 16.6. The Morgan fingerprint density at radius 1 is 1.07 bits per heavy atom. The molecule has 0 N–H and O–H groups in total. The van der Waals surface area contributed by atoms with E-state index in [0.717, 1.165) is 67.7 Å². The lowest BCUT2D eigenvalue weighted by molar-refractivity contribution is -0.140. The maximum Gasteiger partial charge on any atom is 0.225 e. The van der Waals surface area contributed by atoms with Crippen LogP contribution in [0.15, 0.2) is 6.20 Å². The normalized spacial score (nSPS) is 36.1. The van der Waals surface area contributed by atoms with Gasteiger partial charge < -0.3 is 14.5 Å². The van der Waals surface area contributed by atoms with Crippen molar-refractivity contribution in [3.8, 4) is 0 Å². The van der Waals surface area contributed by atoms with Crippen LogP contribution in [0.1, 0.15) is 56.2 Å². The maximum atomic E-state index is 13.2. The van der Waals surface area contributed by atoms with E-state index in [1.165, 1.54) is 38.5 Å². The molecule has 5 fully saturated rings. The van der Waals surface area contributed by atoms with E-state index in [1.807, 2.05) is 11.1 Å². The first-order valence-electron chi connectivity index (χ1n) is 11.1. The number of rotatable bonds is 3. The van der Waals surface area contributed by atoms with Crippen LogP contribution in [0.3, 0.4) is 0 Å². The summed E-state index contributed by atoms with van der Waals surface area (Å²) in [5, 5.41) is 0. The van der Waals surface area contributed by atoms with Crippen LogP contribution < -0.4 is 4.90 Å². The van der Waals surface area contributed by atoms with Gasteiger partial charge in [-0.1, -0.05) is 0 Å². The maximum absolute atomic E-state index is 13.2. The molecule has 1 amide bonds. The zero-order valence-electron chi connectivity index (χ0n) is 16.6. The number of carbonyl (C=O) groups excluding carboxylic acids is 1. The van der Waals surface area contributed by atoms with Gasteiger partial charge in [0.15, 0.2) is 0 Å². The smallest absolute Gasteiger partial charge is 0.225 e. The number of amides is 1. The van der Waals surface area contributed by atoms with Crippen molar-refractivity contribution < 1.29 is 9.53 Å². The Balaban J connectivity index is 1.14. The van der Waals surface area contributed by atoms with Crippen LogP contribution in [0.5, 0.6) is 0 Å². The number of morpholine rings is 1. The van der Waals surface area contributed by atoms with Gasteiger partial charge in [0.2, 0.25) is 11.9 Å². The monoisotopic (exact) mass is 382 g/mol. The molecule has 4 saturated carbocycles. The third-order valence-electron chi connectivity index (χ3n) is 7.98. The molecule has 150 valence electrons. The molecular weight excluding hydrogens is 352 g/mol. The predicted octanol–water partition coefficient (Wildman–Crippen LogP) is 2.76. The number of aromatic nitrogens is 2. The summed E-state index contributed by atoms with van der Waals surface area (Å²) in [4.78, 5) is 26.8. The Kier molecular flexibility index (Phi) is 3.94. The molecule has 1 aromatic heterocycles. The van der Waals surface area contributed by atoms with Gasteiger partial charge in [-0.25, -0.2) is 9.97 Å². The Morgan fingerprint density at radius 3 is 2.43 bits per heavy atom. The summed E-state index contributed by atoms with van der Waals surface area (Å²) in [5.41, 5.74) is 2.47. The Hall–Kier alpha value is -1.69. The second-order valence-corrected chi connectivity index (χ2v) is 10.1. The predicted molar refractivity (Wildman–Crippen MR) is 105 cm³/mol. The summed E-state index contributed by atoms with van der Waals surface area (Å²) in [7, 11) is 0. The van der Waals surface area contributed by atoms with E-state index in [4.69, 9.17) is 9.72 Å². The van der Waals surface area contributed by atoms with E-state index >= 15 is 0 Å². The van der Waals surface area contributed by atoms with Crippen LogP contribution in [-0.2, 0) is 22.6 Å². The molecule has 6 nitrogen and oxygen atoms in total. The van der Waals surface area contributed by atoms with Gasteiger partial charge in [-0.15, -0.1) is 0 Å². The van der Waals surface area contributed by atoms with Crippen molar-refractivity contribution in [1.82, 2.24) is 14.9 Å². The highest BCUT2D eigenvalue weighted by Crippen LogP contribution is 2.61.